The van der Waals surface area contributed by atoms with E-state index in [-0.39, 0.29) is 5.91 Å². The van der Waals surface area contributed by atoms with Gasteiger partial charge in [-0.15, -0.1) is 11.3 Å². The predicted molar refractivity (Wildman–Crippen MR) is 116 cm³/mol. The van der Waals surface area contributed by atoms with Crippen molar-refractivity contribution in [2.45, 2.75) is 63.8 Å². The van der Waals surface area contributed by atoms with Crippen molar-refractivity contribution in [3.05, 3.63) is 45.2 Å². The van der Waals surface area contributed by atoms with Gasteiger partial charge in [-0.1, -0.05) is 6.42 Å². The Morgan fingerprint density at radius 1 is 1.10 bits per heavy atom. The molecular weight excluding hydrogens is 380 g/mol. The standard InChI is InChI=1S/C23H30N4OS/c1-16-15-18(5-10-24-16)23(28)27-11-6-17(7-12-27)22-25-20-8-13-26(19-3-2-4-19)14-9-21(20)29-22/h5,10,15,17,19H,2-4,6-9,11-14H2,1H3. The van der Waals surface area contributed by atoms with Gasteiger partial charge in [-0.3, -0.25) is 14.7 Å². The lowest BCUT2D eigenvalue weighted by Gasteiger charge is -2.36. The number of fused-ring (bicyclic) bond motifs is 1. The summed E-state index contributed by atoms with van der Waals surface area (Å²) in [5, 5.41) is 1.32. The van der Waals surface area contributed by atoms with Crippen molar-refractivity contribution >= 4 is 17.2 Å². The summed E-state index contributed by atoms with van der Waals surface area (Å²) in [5.74, 6) is 0.651. The number of nitrogens with zero attached hydrogens (tertiary/aromatic N) is 4. The Labute approximate surface area is 177 Å². The molecule has 154 valence electrons. The van der Waals surface area contributed by atoms with Crippen molar-refractivity contribution in [2.24, 2.45) is 0 Å². The van der Waals surface area contributed by atoms with E-state index in [2.05, 4.69) is 9.88 Å². The zero-order valence-corrected chi connectivity index (χ0v) is 18.1. The van der Waals surface area contributed by atoms with E-state index in [4.69, 9.17) is 4.98 Å². The van der Waals surface area contributed by atoms with Gasteiger partial charge in [0.05, 0.1) is 10.7 Å². The highest BCUT2D eigenvalue weighted by molar-refractivity contribution is 7.11. The van der Waals surface area contributed by atoms with Crippen LogP contribution in [0.5, 0.6) is 0 Å². The van der Waals surface area contributed by atoms with Gasteiger partial charge in [0.15, 0.2) is 0 Å². The third-order valence-corrected chi connectivity index (χ3v) is 8.24. The highest BCUT2D eigenvalue weighted by atomic mass is 32.1. The van der Waals surface area contributed by atoms with Gasteiger partial charge in [0, 0.05) is 66.9 Å². The first-order valence-corrected chi connectivity index (χ1v) is 11.9. The Hall–Kier alpha value is -1.79. The van der Waals surface area contributed by atoms with Crippen LogP contribution >= 0.6 is 11.3 Å². The lowest BCUT2D eigenvalue weighted by molar-refractivity contribution is 0.0712. The van der Waals surface area contributed by atoms with E-state index < -0.39 is 0 Å². The summed E-state index contributed by atoms with van der Waals surface area (Å²) in [6, 6.07) is 4.56. The van der Waals surface area contributed by atoms with Crippen molar-refractivity contribution in [3.8, 4) is 0 Å². The minimum atomic E-state index is 0.139. The van der Waals surface area contributed by atoms with Crippen molar-refractivity contribution in [2.75, 3.05) is 26.2 Å². The van der Waals surface area contributed by atoms with Crippen LogP contribution in [-0.4, -0.2) is 57.9 Å². The topological polar surface area (TPSA) is 49.3 Å². The molecule has 5 rings (SSSR count). The van der Waals surface area contributed by atoms with Crippen LogP contribution in [0.2, 0.25) is 0 Å². The number of hydrogen-bond acceptors (Lipinski definition) is 5. The first kappa shape index (κ1) is 19.2. The SMILES string of the molecule is Cc1cc(C(=O)N2CCC(c3nc4c(s3)CCN(C3CCC3)CC4)CC2)ccn1. The number of carbonyl (C=O) groups excluding carboxylic acids is 1. The second kappa shape index (κ2) is 8.15. The summed E-state index contributed by atoms with van der Waals surface area (Å²) < 4.78 is 0. The molecule has 2 aliphatic heterocycles. The third kappa shape index (κ3) is 3.97. The van der Waals surface area contributed by atoms with E-state index in [9.17, 15) is 4.79 Å². The fourth-order valence-corrected chi connectivity index (χ4v) is 6.15. The largest absolute Gasteiger partial charge is 0.339 e. The van der Waals surface area contributed by atoms with Crippen LogP contribution in [0.3, 0.4) is 0 Å². The van der Waals surface area contributed by atoms with Gasteiger partial charge in [-0.05, 0) is 51.2 Å². The van der Waals surface area contributed by atoms with Gasteiger partial charge < -0.3 is 4.90 Å². The molecule has 0 atom stereocenters. The molecule has 0 unspecified atom stereocenters. The zero-order valence-electron chi connectivity index (χ0n) is 17.3. The Morgan fingerprint density at radius 2 is 1.90 bits per heavy atom. The van der Waals surface area contributed by atoms with E-state index in [0.717, 1.165) is 49.7 Å². The fraction of sp³-hybridized carbons (Fsp3) is 0.609. The summed E-state index contributed by atoms with van der Waals surface area (Å²) in [4.78, 5) is 28.3. The van der Waals surface area contributed by atoms with E-state index in [1.165, 1.54) is 54.4 Å². The first-order valence-electron chi connectivity index (χ1n) is 11.1. The van der Waals surface area contributed by atoms with Crippen LogP contribution in [0.15, 0.2) is 18.3 Å². The quantitative estimate of drug-likeness (QED) is 0.772. The number of rotatable bonds is 3. The van der Waals surface area contributed by atoms with Crippen LogP contribution in [0.1, 0.15) is 69.7 Å². The maximum Gasteiger partial charge on any atom is 0.253 e. The molecule has 0 spiro atoms. The summed E-state index contributed by atoms with van der Waals surface area (Å²) in [6.45, 7) is 5.97. The van der Waals surface area contributed by atoms with Gasteiger partial charge >= 0.3 is 0 Å². The number of pyridine rings is 1. The average Bonchev–Trinajstić information content (AvgIpc) is 3.02. The first-order chi connectivity index (χ1) is 14.2. The van der Waals surface area contributed by atoms with Crippen molar-refractivity contribution in [1.82, 2.24) is 19.8 Å². The second-order valence-electron chi connectivity index (χ2n) is 8.80. The molecule has 5 nitrogen and oxygen atoms in total. The number of aromatic nitrogens is 2. The molecule has 0 bridgehead atoms. The third-order valence-electron chi connectivity index (χ3n) is 6.92. The number of aryl methyl sites for hydroxylation is 1. The molecule has 0 radical (unpaired) electrons. The molecule has 3 aliphatic rings. The molecule has 2 aromatic heterocycles. The van der Waals surface area contributed by atoms with Crippen LogP contribution in [-0.2, 0) is 12.8 Å². The van der Waals surface area contributed by atoms with E-state index in [1.54, 1.807) is 6.20 Å². The lowest BCUT2D eigenvalue weighted by atomic mass is 9.91. The summed E-state index contributed by atoms with van der Waals surface area (Å²) in [7, 11) is 0. The number of piperidine rings is 1. The molecule has 4 heterocycles. The van der Waals surface area contributed by atoms with Crippen molar-refractivity contribution in [1.29, 1.82) is 0 Å². The maximum absolute atomic E-state index is 12.8. The van der Waals surface area contributed by atoms with Crippen LogP contribution in [0.4, 0.5) is 0 Å². The predicted octanol–water partition coefficient (Wildman–Crippen LogP) is 3.82. The Bertz CT molecular complexity index is 857. The summed E-state index contributed by atoms with van der Waals surface area (Å²) in [6.07, 6.45) is 10.2. The van der Waals surface area contributed by atoms with Crippen molar-refractivity contribution < 1.29 is 4.79 Å². The maximum atomic E-state index is 12.8. The van der Waals surface area contributed by atoms with Gasteiger partial charge in [0.25, 0.3) is 5.91 Å². The molecule has 0 aromatic carbocycles. The van der Waals surface area contributed by atoms with E-state index in [0.29, 0.717) is 5.92 Å². The molecular formula is C23H30N4OS. The summed E-state index contributed by atoms with van der Waals surface area (Å²) in [5.41, 5.74) is 3.01. The average molecular weight is 411 g/mol. The lowest BCUT2D eigenvalue weighted by Crippen LogP contribution is -2.41. The molecule has 1 aliphatic carbocycles. The molecule has 1 saturated heterocycles. The molecule has 0 N–H and O–H groups in total. The van der Waals surface area contributed by atoms with E-state index >= 15 is 0 Å². The Morgan fingerprint density at radius 3 is 2.62 bits per heavy atom. The number of amides is 1. The summed E-state index contributed by atoms with van der Waals surface area (Å²) >= 11 is 1.95. The number of carbonyl (C=O) groups is 1. The molecule has 29 heavy (non-hydrogen) atoms. The van der Waals surface area contributed by atoms with Crippen LogP contribution < -0.4 is 0 Å². The van der Waals surface area contributed by atoms with Gasteiger partial charge in [0.2, 0.25) is 0 Å². The van der Waals surface area contributed by atoms with Gasteiger partial charge in [-0.2, -0.15) is 0 Å². The Kier molecular flexibility index (Phi) is 5.39. The van der Waals surface area contributed by atoms with Crippen LogP contribution in [0.25, 0.3) is 0 Å². The van der Waals surface area contributed by atoms with Gasteiger partial charge in [-0.25, -0.2) is 4.98 Å². The monoisotopic (exact) mass is 410 g/mol. The van der Waals surface area contributed by atoms with Gasteiger partial charge in [0.1, 0.15) is 0 Å². The minimum absolute atomic E-state index is 0.139. The molecule has 1 amide bonds. The Balaban J connectivity index is 1.19. The fourth-order valence-electron chi connectivity index (χ4n) is 4.88. The number of thiazole rings is 1. The molecule has 2 fully saturated rings. The zero-order chi connectivity index (χ0) is 19.8. The normalized spacial score (nSPS) is 21.5. The minimum Gasteiger partial charge on any atom is -0.339 e. The molecule has 2 aromatic rings. The highest BCUT2D eigenvalue weighted by Gasteiger charge is 2.30. The van der Waals surface area contributed by atoms with E-state index in [1.807, 2.05) is 35.3 Å². The highest BCUT2D eigenvalue weighted by Crippen LogP contribution is 2.35. The smallest absolute Gasteiger partial charge is 0.253 e. The van der Waals surface area contributed by atoms with Crippen LogP contribution in [0, 0.1) is 6.92 Å². The molecule has 1 saturated carbocycles. The number of likely N-dealkylation sites (tertiary alicyclic amines) is 1. The number of hydrogen-bond donors (Lipinski definition) is 0. The second-order valence-corrected chi connectivity index (χ2v) is 9.91. The molecule has 6 heteroatoms. The van der Waals surface area contributed by atoms with Crippen molar-refractivity contribution in [3.63, 3.8) is 0 Å².